The average Bonchev–Trinajstić information content (AvgIpc) is 3.18. The number of furan rings is 1. The number of carbonyl (C=O) groups is 1. The summed E-state index contributed by atoms with van der Waals surface area (Å²) < 4.78 is 5.42. The summed E-state index contributed by atoms with van der Waals surface area (Å²) in [4.78, 5) is 17.5. The maximum Gasteiger partial charge on any atom is 0.256 e. The van der Waals surface area contributed by atoms with Crippen LogP contribution in [0.5, 0.6) is 0 Å². The van der Waals surface area contributed by atoms with Gasteiger partial charge in [-0.05, 0) is 42.5 Å². The highest BCUT2D eigenvalue weighted by Gasteiger charge is 2.16. The van der Waals surface area contributed by atoms with Crippen molar-refractivity contribution in [3.63, 3.8) is 0 Å². The van der Waals surface area contributed by atoms with Gasteiger partial charge in [0.25, 0.3) is 5.91 Å². The SMILES string of the molecule is O=C(Nc1ccc(Cl)cc1Cl)c1cc(-c2ccco2)nc2ccccc12. The first-order valence-corrected chi connectivity index (χ1v) is 8.57. The molecule has 6 heteroatoms. The molecule has 0 saturated heterocycles. The van der Waals surface area contributed by atoms with Crippen LogP contribution in [0, 0.1) is 0 Å². The molecule has 4 aromatic rings. The van der Waals surface area contributed by atoms with Gasteiger partial charge in [0.05, 0.1) is 28.1 Å². The quantitative estimate of drug-likeness (QED) is 0.468. The van der Waals surface area contributed by atoms with Crippen LogP contribution in [0.2, 0.25) is 10.0 Å². The van der Waals surface area contributed by atoms with Crippen molar-refractivity contribution in [2.45, 2.75) is 0 Å². The summed E-state index contributed by atoms with van der Waals surface area (Å²) in [5.74, 6) is 0.301. The van der Waals surface area contributed by atoms with Crippen molar-refractivity contribution in [3.8, 4) is 11.5 Å². The maximum absolute atomic E-state index is 12.9. The van der Waals surface area contributed by atoms with E-state index in [1.807, 2.05) is 24.3 Å². The predicted molar refractivity (Wildman–Crippen MR) is 104 cm³/mol. The molecule has 1 amide bonds. The zero-order chi connectivity index (χ0) is 18.1. The van der Waals surface area contributed by atoms with Gasteiger partial charge in [-0.1, -0.05) is 41.4 Å². The van der Waals surface area contributed by atoms with Gasteiger partial charge < -0.3 is 9.73 Å². The highest BCUT2D eigenvalue weighted by atomic mass is 35.5. The lowest BCUT2D eigenvalue weighted by molar-refractivity contribution is 0.102. The molecule has 0 aliphatic carbocycles. The van der Waals surface area contributed by atoms with Gasteiger partial charge in [-0.15, -0.1) is 0 Å². The second kappa shape index (κ2) is 6.83. The van der Waals surface area contributed by atoms with Crippen molar-refractivity contribution >= 4 is 45.7 Å². The summed E-state index contributed by atoms with van der Waals surface area (Å²) in [6, 6.07) is 17.6. The smallest absolute Gasteiger partial charge is 0.256 e. The van der Waals surface area contributed by atoms with Crippen molar-refractivity contribution in [2.75, 3.05) is 5.32 Å². The molecule has 0 aliphatic heterocycles. The minimum atomic E-state index is -0.291. The molecule has 2 aromatic heterocycles. The van der Waals surface area contributed by atoms with Crippen LogP contribution in [0.4, 0.5) is 5.69 Å². The van der Waals surface area contributed by atoms with E-state index < -0.39 is 0 Å². The molecule has 128 valence electrons. The molecule has 0 radical (unpaired) electrons. The number of nitrogens with zero attached hydrogens (tertiary/aromatic N) is 1. The summed E-state index contributed by atoms with van der Waals surface area (Å²) in [5, 5.41) is 4.44. The van der Waals surface area contributed by atoms with Gasteiger partial charge in [0.15, 0.2) is 5.76 Å². The number of hydrogen-bond donors (Lipinski definition) is 1. The van der Waals surface area contributed by atoms with E-state index in [0.717, 1.165) is 5.39 Å². The van der Waals surface area contributed by atoms with Gasteiger partial charge in [0.2, 0.25) is 0 Å². The van der Waals surface area contributed by atoms with Crippen LogP contribution >= 0.6 is 23.2 Å². The number of para-hydroxylation sites is 1. The first kappa shape index (κ1) is 16.6. The van der Waals surface area contributed by atoms with Crippen molar-refractivity contribution in [1.29, 1.82) is 0 Å². The van der Waals surface area contributed by atoms with Crippen LogP contribution in [-0.2, 0) is 0 Å². The van der Waals surface area contributed by atoms with Crippen LogP contribution in [0.25, 0.3) is 22.4 Å². The molecule has 0 saturated carbocycles. The third-order valence-corrected chi connectivity index (χ3v) is 4.46. The number of rotatable bonds is 3. The summed E-state index contributed by atoms with van der Waals surface area (Å²) in [7, 11) is 0. The number of anilines is 1. The van der Waals surface area contributed by atoms with Gasteiger partial charge in [-0.25, -0.2) is 4.98 Å². The van der Waals surface area contributed by atoms with Gasteiger partial charge in [0.1, 0.15) is 5.69 Å². The van der Waals surface area contributed by atoms with E-state index in [9.17, 15) is 4.79 Å². The van der Waals surface area contributed by atoms with Gasteiger partial charge in [-0.2, -0.15) is 0 Å². The van der Waals surface area contributed by atoms with E-state index in [4.69, 9.17) is 27.6 Å². The lowest BCUT2D eigenvalue weighted by Crippen LogP contribution is -2.13. The maximum atomic E-state index is 12.9. The number of benzene rings is 2. The number of amides is 1. The predicted octanol–water partition coefficient (Wildman–Crippen LogP) is 6.05. The lowest BCUT2D eigenvalue weighted by Gasteiger charge is -2.11. The fourth-order valence-corrected chi connectivity index (χ4v) is 3.15. The Hall–Kier alpha value is -2.82. The molecule has 0 aliphatic rings. The van der Waals surface area contributed by atoms with E-state index in [0.29, 0.717) is 38.3 Å². The molecule has 4 rings (SSSR count). The zero-order valence-electron chi connectivity index (χ0n) is 13.4. The Bertz CT molecular complexity index is 1110. The van der Waals surface area contributed by atoms with Crippen molar-refractivity contribution in [2.24, 2.45) is 0 Å². The second-order valence-corrected chi connectivity index (χ2v) is 6.47. The third kappa shape index (κ3) is 3.17. The number of halogens is 2. The molecule has 1 N–H and O–H groups in total. The van der Waals surface area contributed by atoms with Gasteiger partial charge >= 0.3 is 0 Å². The fraction of sp³-hybridized carbons (Fsp3) is 0. The monoisotopic (exact) mass is 382 g/mol. The normalized spacial score (nSPS) is 10.8. The minimum Gasteiger partial charge on any atom is -0.463 e. The van der Waals surface area contributed by atoms with Crippen LogP contribution < -0.4 is 5.32 Å². The molecule has 26 heavy (non-hydrogen) atoms. The Morgan fingerprint density at radius 1 is 1.00 bits per heavy atom. The Morgan fingerprint density at radius 2 is 1.85 bits per heavy atom. The second-order valence-electron chi connectivity index (χ2n) is 5.63. The lowest BCUT2D eigenvalue weighted by atomic mass is 10.1. The zero-order valence-corrected chi connectivity index (χ0v) is 14.9. The van der Waals surface area contributed by atoms with Crippen molar-refractivity contribution < 1.29 is 9.21 Å². The molecule has 2 aromatic carbocycles. The van der Waals surface area contributed by atoms with E-state index in [-0.39, 0.29) is 5.91 Å². The number of pyridine rings is 1. The van der Waals surface area contributed by atoms with E-state index in [2.05, 4.69) is 10.3 Å². The largest absolute Gasteiger partial charge is 0.463 e. The Balaban J connectivity index is 1.80. The Kier molecular flexibility index (Phi) is 4.37. The van der Waals surface area contributed by atoms with E-state index in [1.165, 1.54) is 0 Å². The first-order chi connectivity index (χ1) is 12.6. The number of nitrogens with one attached hydrogen (secondary N) is 1. The summed E-state index contributed by atoms with van der Waals surface area (Å²) >= 11 is 12.1. The highest BCUT2D eigenvalue weighted by molar-refractivity contribution is 6.37. The number of hydrogen-bond acceptors (Lipinski definition) is 3. The number of carbonyl (C=O) groups excluding carboxylic acids is 1. The van der Waals surface area contributed by atoms with Crippen LogP contribution in [0.15, 0.2) is 71.3 Å². The molecule has 0 fully saturated rings. The van der Waals surface area contributed by atoms with Crippen molar-refractivity contribution in [1.82, 2.24) is 4.98 Å². The highest BCUT2D eigenvalue weighted by Crippen LogP contribution is 2.28. The molecule has 0 bridgehead atoms. The van der Waals surface area contributed by atoms with Crippen LogP contribution in [0.3, 0.4) is 0 Å². The molecular formula is C20H12Cl2N2O2. The standard InChI is InChI=1S/C20H12Cl2N2O2/c21-12-7-8-17(15(22)10-12)24-20(25)14-11-18(19-6-3-9-26-19)23-16-5-2-1-4-13(14)16/h1-11H,(H,24,25). The van der Waals surface area contributed by atoms with Gasteiger partial charge in [-0.3, -0.25) is 4.79 Å². The number of fused-ring (bicyclic) bond motifs is 1. The molecule has 0 spiro atoms. The molecule has 4 nitrogen and oxygen atoms in total. The van der Waals surface area contributed by atoms with Crippen molar-refractivity contribution in [3.05, 3.63) is 82.5 Å². The Morgan fingerprint density at radius 3 is 2.62 bits per heavy atom. The van der Waals surface area contributed by atoms with E-state index in [1.54, 1.807) is 42.7 Å². The summed E-state index contributed by atoms with van der Waals surface area (Å²) in [5.41, 5.74) is 2.25. The topological polar surface area (TPSA) is 55.1 Å². The van der Waals surface area contributed by atoms with Gasteiger partial charge in [0, 0.05) is 10.4 Å². The average molecular weight is 383 g/mol. The van der Waals surface area contributed by atoms with E-state index >= 15 is 0 Å². The summed E-state index contributed by atoms with van der Waals surface area (Å²) in [6.07, 6.45) is 1.57. The minimum absolute atomic E-state index is 0.291. The Labute approximate surface area is 159 Å². The molecular weight excluding hydrogens is 371 g/mol. The van der Waals surface area contributed by atoms with Crippen LogP contribution in [0.1, 0.15) is 10.4 Å². The van der Waals surface area contributed by atoms with Crippen LogP contribution in [-0.4, -0.2) is 10.9 Å². The third-order valence-electron chi connectivity index (χ3n) is 3.91. The summed E-state index contributed by atoms with van der Waals surface area (Å²) in [6.45, 7) is 0. The fourth-order valence-electron chi connectivity index (χ4n) is 2.69. The number of aromatic nitrogens is 1. The first-order valence-electron chi connectivity index (χ1n) is 7.82. The molecule has 2 heterocycles. The molecule has 0 unspecified atom stereocenters. The molecule has 0 atom stereocenters.